The lowest BCUT2D eigenvalue weighted by Gasteiger charge is -2.28. The van der Waals surface area contributed by atoms with Crippen LogP contribution in [0, 0.1) is 0 Å². The van der Waals surface area contributed by atoms with Crippen LogP contribution in [0.2, 0.25) is 5.02 Å². The molecule has 4 aromatic rings. The number of carbonyl (C=O) groups excluding carboxylic acids is 1. The van der Waals surface area contributed by atoms with Gasteiger partial charge in [-0.1, -0.05) is 84.4 Å². The second-order valence-corrected chi connectivity index (χ2v) is 10.9. The first-order valence-electron chi connectivity index (χ1n) is 14.4. The van der Waals surface area contributed by atoms with Crippen LogP contribution < -0.4 is 4.74 Å². The van der Waals surface area contributed by atoms with Gasteiger partial charge in [0.2, 0.25) is 0 Å². The molecule has 10 heteroatoms. The molecule has 6 nitrogen and oxygen atoms in total. The minimum Gasteiger partial charge on any atom is -0.494 e. The van der Waals surface area contributed by atoms with E-state index in [2.05, 4.69) is 0 Å². The van der Waals surface area contributed by atoms with Gasteiger partial charge >= 0.3 is 18.1 Å². The summed E-state index contributed by atoms with van der Waals surface area (Å²) in [7, 11) is 0. The predicted octanol–water partition coefficient (Wildman–Crippen LogP) is 7.90. The number of carboxylic acids is 1. The molecule has 1 atom stereocenters. The second-order valence-electron chi connectivity index (χ2n) is 10.5. The van der Waals surface area contributed by atoms with Crippen molar-refractivity contribution in [1.29, 1.82) is 0 Å². The molecule has 0 radical (unpaired) electrons. The quantitative estimate of drug-likeness (QED) is 0.105. The summed E-state index contributed by atoms with van der Waals surface area (Å²) in [5.74, 6) is -1.19. The van der Waals surface area contributed by atoms with Gasteiger partial charge in [0.1, 0.15) is 5.75 Å². The van der Waals surface area contributed by atoms with Crippen molar-refractivity contribution >= 4 is 23.5 Å². The first kappa shape index (κ1) is 33.6. The third-order valence-corrected chi connectivity index (χ3v) is 7.54. The summed E-state index contributed by atoms with van der Waals surface area (Å²) >= 11 is 6.27. The van der Waals surface area contributed by atoms with Crippen LogP contribution in [0.3, 0.4) is 0 Å². The summed E-state index contributed by atoms with van der Waals surface area (Å²) in [4.78, 5) is 25.8. The number of halogens is 4. The lowest BCUT2D eigenvalue weighted by atomic mass is 9.98. The Morgan fingerprint density at radius 3 is 2.27 bits per heavy atom. The molecular weight excluding hydrogens is 607 g/mol. The van der Waals surface area contributed by atoms with Crippen molar-refractivity contribution in [2.24, 2.45) is 0 Å². The molecule has 236 valence electrons. The molecule has 0 aliphatic heterocycles. The van der Waals surface area contributed by atoms with Gasteiger partial charge in [-0.3, -0.25) is 9.69 Å². The van der Waals surface area contributed by atoms with E-state index in [1.54, 1.807) is 60.7 Å². The smallest absolute Gasteiger partial charge is 0.417 e. The van der Waals surface area contributed by atoms with Gasteiger partial charge in [-0.25, -0.2) is 4.79 Å². The number of hydrogen-bond acceptors (Lipinski definition) is 5. The number of carboxylic acid groups (broad SMARTS) is 1. The molecule has 0 bridgehead atoms. The summed E-state index contributed by atoms with van der Waals surface area (Å²) < 4.78 is 52.4. The van der Waals surface area contributed by atoms with Gasteiger partial charge in [0.05, 0.1) is 35.8 Å². The molecule has 0 saturated heterocycles. The molecule has 0 aliphatic carbocycles. The maximum atomic E-state index is 13.6. The zero-order valence-electron chi connectivity index (χ0n) is 24.4. The van der Waals surface area contributed by atoms with Gasteiger partial charge in [-0.2, -0.15) is 13.2 Å². The van der Waals surface area contributed by atoms with E-state index in [0.29, 0.717) is 42.0 Å². The molecular formula is C35H33ClF3NO5. The highest BCUT2D eigenvalue weighted by Crippen LogP contribution is 2.36. The van der Waals surface area contributed by atoms with Gasteiger partial charge in [-0.05, 0) is 53.4 Å². The number of hydrogen-bond donors (Lipinski definition) is 1. The van der Waals surface area contributed by atoms with Crippen molar-refractivity contribution in [1.82, 2.24) is 4.90 Å². The Kier molecular flexibility index (Phi) is 12.0. The molecule has 0 spiro atoms. The fraction of sp³-hybridized carbons (Fsp3) is 0.257. The highest BCUT2D eigenvalue weighted by molar-refractivity contribution is 6.32. The monoisotopic (exact) mass is 639 g/mol. The number of carbonyl (C=O) groups is 2. The van der Waals surface area contributed by atoms with Crippen molar-refractivity contribution in [3.8, 4) is 5.75 Å². The average Bonchev–Trinajstić information content (AvgIpc) is 3.02. The average molecular weight is 640 g/mol. The van der Waals surface area contributed by atoms with E-state index in [4.69, 9.17) is 26.2 Å². The third-order valence-electron chi connectivity index (χ3n) is 7.09. The zero-order valence-corrected chi connectivity index (χ0v) is 25.1. The Morgan fingerprint density at radius 2 is 1.58 bits per heavy atom. The van der Waals surface area contributed by atoms with Crippen LogP contribution in [0.1, 0.15) is 45.0 Å². The number of ether oxygens (including phenoxy) is 2. The second kappa shape index (κ2) is 16.1. The molecule has 1 N–H and O–H groups in total. The van der Waals surface area contributed by atoms with E-state index in [1.807, 2.05) is 35.2 Å². The normalized spacial score (nSPS) is 12.1. The van der Waals surface area contributed by atoms with Crippen molar-refractivity contribution in [3.63, 3.8) is 0 Å². The summed E-state index contributed by atoms with van der Waals surface area (Å²) in [6, 6.07) is 28.8. The molecule has 0 amide bonds. The number of esters is 1. The zero-order chi connectivity index (χ0) is 32.2. The molecule has 0 heterocycles. The van der Waals surface area contributed by atoms with Crippen molar-refractivity contribution in [2.45, 2.75) is 31.5 Å². The van der Waals surface area contributed by atoms with Crippen LogP contribution >= 0.6 is 11.6 Å². The maximum Gasteiger partial charge on any atom is 0.417 e. The van der Waals surface area contributed by atoms with Crippen molar-refractivity contribution in [2.75, 3.05) is 26.3 Å². The molecule has 45 heavy (non-hydrogen) atoms. The molecule has 4 rings (SSSR count). The standard InChI is InChI=1S/C35H33ClF3NO5/c36-33-28(15-8-17-31(33)35(37,38)39)22-40(18-9-19-44-30-16-7-10-25(20-30)21-32(41)42)23-29(26-11-3-1-4-12-26)24-45-34(43)27-13-5-2-6-14-27/h1-8,10-17,20,29H,9,18-19,21-24H2,(H,41,42). The Hall–Kier alpha value is -4.34. The number of rotatable bonds is 15. The van der Waals surface area contributed by atoms with E-state index in [9.17, 15) is 22.8 Å². The van der Waals surface area contributed by atoms with Crippen LogP contribution in [0.5, 0.6) is 5.75 Å². The fourth-order valence-corrected chi connectivity index (χ4v) is 5.21. The highest BCUT2D eigenvalue weighted by atomic mass is 35.5. The largest absolute Gasteiger partial charge is 0.494 e. The molecule has 4 aromatic carbocycles. The van der Waals surface area contributed by atoms with Crippen LogP contribution in [0.25, 0.3) is 0 Å². The molecule has 1 unspecified atom stereocenters. The van der Waals surface area contributed by atoms with Gasteiger partial charge in [0, 0.05) is 25.6 Å². The summed E-state index contributed by atoms with van der Waals surface area (Å²) in [6.45, 7) is 1.23. The number of aliphatic carboxylic acids is 1. The van der Waals surface area contributed by atoms with E-state index < -0.39 is 23.7 Å². The lowest BCUT2D eigenvalue weighted by molar-refractivity contribution is -0.138. The van der Waals surface area contributed by atoms with Crippen LogP contribution in [0.4, 0.5) is 13.2 Å². The number of nitrogens with zero attached hydrogens (tertiary/aromatic N) is 1. The summed E-state index contributed by atoms with van der Waals surface area (Å²) in [6.07, 6.45) is -4.22. The van der Waals surface area contributed by atoms with E-state index in [1.165, 1.54) is 6.07 Å². The molecule has 0 aliphatic rings. The molecule has 0 saturated carbocycles. The minimum absolute atomic E-state index is 0.0530. The van der Waals surface area contributed by atoms with E-state index >= 15 is 0 Å². The first-order chi connectivity index (χ1) is 21.6. The number of alkyl halides is 3. The van der Waals surface area contributed by atoms with Gasteiger partial charge in [0.15, 0.2) is 0 Å². The highest BCUT2D eigenvalue weighted by Gasteiger charge is 2.34. The van der Waals surface area contributed by atoms with Crippen LogP contribution in [-0.2, 0) is 28.7 Å². The Balaban J connectivity index is 1.52. The van der Waals surface area contributed by atoms with Crippen LogP contribution in [-0.4, -0.2) is 48.2 Å². The lowest BCUT2D eigenvalue weighted by Crippen LogP contribution is -2.32. The van der Waals surface area contributed by atoms with Crippen LogP contribution in [0.15, 0.2) is 103 Å². The summed E-state index contributed by atoms with van der Waals surface area (Å²) in [5, 5.41) is 8.72. The Morgan fingerprint density at radius 1 is 0.889 bits per heavy atom. The predicted molar refractivity (Wildman–Crippen MR) is 166 cm³/mol. The third kappa shape index (κ3) is 10.4. The first-order valence-corrected chi connectivity index (χ1v) is 14.8. The van der Waals surface area contributed by atoms with Gasteiger partial charge in [-0.15, -0.1) is 0 Å². The van der Waals surface area contributed by atoms with E-state index in [0.717, 1.165) is 11.6 Å². The fourth-order valence-electron chi connectivity index (χ4n) is 4.92. The maximum absolute atomic E-state index is 13.6. The number of benzene rings is 4. The Labute approximate surface area is 265 Å². The van der Waals surface area contributed by atoms with Crippen molar-refractivity contribution in [3.05, 3.63) is 136 Å². The van der Waals surface area contributed by atoms with Gasteiger partial charge < -0.3 is 14.6 Å². The SMILES string of the molecule is O=C(O)Cc1cccc(OCCCN(Cc2cccc(C(F)(F)F)c2Cl)CC(COC(=O)c2ccccc2)c2ccccc2)c1. The molecule has 0 fully saturated rings. The minimum atomic E-state index is -4.60. The topological polar surface area (TPSA) is 76.1 Å². The Bertz CT molecular complexity index is 1550. The summed E-state index contributed by atoms with van der Waals surface area (Å²) in [5.41, 5.74) is 1.35. The van der Waals surface area contributed by atoms with Gasteiger partial charge in [0.25, 0.3) is 0 Å². The van der Waals surface area contributed by atoms with Crippen molar-refractivity contribution < 1.29 is 37.3 Å². The van der Waals surface area contributed by atoms with E-state index in [-0.39, 0.29) is 37.1 Å². The molecule has 0 aromatic heterocycles.